The molecule has 1 heterocycles. The Balaban J connectivity index is 1.71. The number of nitrogens with one attached hydrogen (secondary N) is 1. The molecule has 148 valence electrons. The van der Waals surface area contributed by atoms with Gasteiger partial charge in [0.2, 0.25) is 5.91 Å². The van der Waals surface area contributed by atoms with Gasteiger partial charge in [0.25, 0.3) is 0 Å². The maximum absolute atomic E-state index is 12.6. The number of aromatic nitrogens is 2. The molecule has 0 unspecified atom stereocenters. The Bertz CT molecular complexity index is 912. The van der Waals surface area contributed by atoms with Crippen LogP contribution in [0.1, 0.15) is 43.9 Å². The highest BCUT2D eigenvalue weighted by Crippen LogP contribution is 2.24. The monoisotopic (exact) mass is 383 g/mol. The largest absolute Gasteiger partial charge is 0.508 e. The van der Waals surface area contributed by atoms with E-state index in [1.807, 2.05) is 13.8 Å². The van der Waals surface area contributed by atoms with E-state index in [2.05, 4.69) is 10.4 Å². The minimum atomic E-state index is -0.950. The van der Waals surface area contributed by atoms with Gasteiger partial charge in [0, 0.05) is 17.3 Å². The Hall–Kier alpha value is -3.09. The summed E-state index contributed by atoms with van der Waals surface area (Å²) in [6.45, 7) is 3.77. The van der Waals surface area contributed by atoms with Gasteiger partial charge in [-0.2, -0.15) is 5.10 Å². The van der Waals surface area contributed by atoms with Crippen LogP contribution in [0.3, 0.4) is 0 Å². The van der Waals surface area contributed by atoms with E-state index in [4.69, 9.17) is 0 Å². The van der Waals surface area contributed by atoms with E-state index in [1.54, 1.807) is 35.1 Å². The molecule has 3 rings (SSSR count). The van der Waals surface area contributed by atoms with E-state index in [0.29, 0.717) is 30.5 Å². The summed E-state index contributed by atoms with van der Waals surface area (Å²) in [5.41, 5.74) is 3.58. The smallest absolute Gasteiger partial charge is 0.333 e. The summed E-state index contributed by atoms with van der Waals surface area (Å²) in [6, 6.07) is 6.75. The molecule has 7 nitrogen and oxygen atoms in total. The highest BCUT2D eigenvalue weighted by atomic mass is 16.4. The summed E-state index contributed by atoms with van der Waals surface area (Å²) in [7, 11) is 0. The maximum atomic E-state index is 12.6. The molecule has 1 aromatic carbocycles. The number of carboxylic acid groups (broad SMARTS) is 1. The van der Waals surface area contributed by atoms with Crippen molar-refractivity contribution < 1.29 is 19.8 Å². The first-order valence-electron chi connectivity index (χ1n) is 9.46. The van der Waals surface area contributed by atoms with Crippen LogP contribution in [0.4, 0.5) is 0 Å². The summed E-state index contributed by atoms with van der Waals surface area (Å²) < 4.78 is 1.77. The first-order valence-corrected chi connectivity index (χ1v) is 9.46. The molecule has 0 spiro atoms. The summed E-state index contributed by atoms with van der Waals surface area (Å²) in [4.78, 5) is 24.0. The van der Waals surface area contributed by atoms with E-state index in [0.717, 1.165) is 29.8 Å². The van der Waals surface area contributed by atoms with Crippen LogP contribution in [0.25, 0.3) is 5.69 Å². The molecule has 1 atom stereocenters. The number of hydrogen-bond acceptors (Lipinski definition) is 4. The summed E-state index contributed by atoms with van der Waals surface area (Å²) in [5.74, 6) is -1.25. The number of aromatic hydroxyl groups is 1. The normalized spacial score (nSPS) is 15.4. The van der Waals surface area contributed by atoms with Crippen LogP contribution in [-0.4, -0.2) is 31.9 Å². The number of carbonyl (C=O) groups excluding carboxylic acids is 1. The zero-order valence-corrected chi connectivity index (χ0v) is 16.1. The van der Waals surface area contributed by atoms with Gasteiger partial charge >= 0.3 is 5.97 Å². The summed E-state index contributed by atoms with van der Waals surface area (Å²) >= 11 is 0. The molecule has 3 N–H and O–H groups in total. The quantitative estimate of drug-likeness (QED) is 0.711. The lowest BCUT2D eigenvalue weighted by molar-refractivity contribution is -0.133. The molecule has 1 amide bonds. The fourth-order valence-electron chi connectivity index (χ4n) is 3.47. The Labute approximate surface area is 163 Å². The van der Waals surface area contributed by atoms with Crippen molar-refractivity contribution in [3.05, 3.63) is 53.0 Å². The number of phenolic OH excluding ortho intramolecular Hbond substituents is 1. The third-order valence-electron chi connectivity index (χ3n) is 5.18. The van der Waals surface area contributed by atoms with Gasteiger partial charge in [-0.1, -0.05) is 6.92 Å². The average Bonchev–Trinajstić information content (AvgIpc) is 3.03. The molecular weight excluding hydrogens is 358 g/mol. The van der Waals surface area contributed by atoms with Crippen LogP contribution >= 0.6 is 0 Å². The lowest BCUT2D eigenvalue weighted by atomic mass is 9.95. The van der Waals surface area contributed by atoms with Gasteiger partial charge in [-0.05, 0) is 68.9 Å². The van der Waals surface area contributed by atoms with Crippen molar-refractivity contribution in [1.29, 1.82) is 0 Å². The molecule has 0 saturated carbocycles. The van der Waals surface area contributed by atoms with E-state index in [-0.39, 0.29) is 17.6 Å². The predicted octanol–water partition coefficient (Wildman–Crippen LogP) is 3.09. The SMILES string of the molecule is Cc1c(C[C@@H](C)C(=O)NC2=C(C(=O)O)CCCC2)cnn1-c1ccc(O)cc1. The van der Waals surface area contributed by atoms with E-state index in [1.165, 1.54) is 0 Å². The number of carboxylic acids is 1. The van der Waals surface area contributed by atoms with Gasteiger partial charge < -0.3 is 15.5 Å². The van der Waals surface area contributed by atoms with Crippen LogP contribution < -0.4 is 5.32 Å². The summed E-state index contributed by atoms with van der Waals surface area (Å²) in [5, 5.41) is 26.0. The molecule has 2 aromatic rings. The Morgan fingerprint density at radius 2 is 1.89 bits per heavy atom. The van der Waals surface area contributed by atoms with E-state index < -0.39 is 5.97 Å². The molecular formula is C21H25N3O4. The molecule has 0 fully saturated rings. The van der Waals surface area contributed by atoms with Crippen molar-refractivity contribution in [1.82, 2.24) is 15.1 Å². The van der Waals surface area contributed by atoms with Gasteiger partial charge in [-0.15, -0.1) is 0 Å². The zero-order chi connectivity index (χ0) is 20.3. The Kier molecular flexibility index (Phi) is 5.82. The van der Waals surface area contributed by atoms with Gasteiger partial charge in [0.05, 0.1) is 17.5 Å². The first-order chi connectivity index (χ1) is 13.4. The van der Waals surface area contributed by atoms with Crippen molar-refractivity contribution in [3.63, 3.8) is 0 Å². The molecule has 1 aromatic heterocycles. The van der Waals surface area contributed by atoms with Crippen molar-refractivity contribution >= 4 is 11.9 Å². The number of rotatable bonds is 6. The third-order valence-corrected chi connectivity index (χ3v) is 5.18. The molecule has 0 saturated heterocycles. The van der Waals surface area contributed by atoms with Crippen LogP contribution in [-0.2, 0) is 16.0 Å². The van der Waals surface area contributed by atoms with Crippen molar-refractivity contribution in [2.24, 2.45) is 5.92 Å². The predicted molar refractivity (Wildman–Crippen MR) is 104 cm³/mol. The third kappa shape index (κ3) is 4.24. The topological polar surface area (TPSA) is 104 Å². The second-order valence-corrected chi connectivity index (χ2v) is 7.25. The summed E-state index contributed by atoms with van der Waals surface area (Å²) in [6.07, 6.45) is 5.07. The number of allylic oxidation sites excluding steroid dienone is 1. The molecule has 0 bridgehead atoms. The van der Waals surface area contributed by atoms with Crippen molar-refractivity contribution in [2.45, 2.75) is 46.0 Å². The number of hydrogen-bond donors (Lipinski definition) is 3. The van der Waals surface area contributed by atoms with Crippen molar-refractivity contribution in [3.8, 4) is 11.4 Å². The van der Waals surface area contributed by atoms with Gasteiger partial charge in [-0.25, -0.2) is 9.48 Å². The lowest BCUT2D eigenvalue weighted by Crippen LogP contribution is -2.32. The standard InChI is InChI=1S/C21H25N3O4/c1-13(20(26)23-19-6-4-3-5-18(19)21(27)28)11-15-12-22-24(14(15)2)16-7-9-17(25)10-8-16/h7-10,12-13,25H,3-6,11H2,1-2H3,(H,23,26)(H,27,28)/t13-/m1/s1. The lowest BCUT2D eigenvalue weighted by Gasteiger charge is -2.20. The number of carbonyl (C=O) groups is 2. The second kappa shape index (κ2) is 8.29. The fourth-order valence-corrected chi connectivity index (χ4v) is 3.47. The second-order valence-electron chi connectivity index (χ2n) is 7.25. The molecule has 7 heteroatoms. The first kappa shape index (κ1) is 19.7. The highest BCUT2D eigenvalue weighted by molar-refractivity contribution is 5.89. The molecule has 1 aliphatic rings. The van der Waals surface area contributed by atoms with Gasteiger partial charge in [-0.3, -0.25) is 4.79 Å². The minimum Gasteiger partial charge on any atom is -0.508 e. The number of nitrogens with zero attached hydrogens (tertiary/aromatic N) is 2. The van der Waals surface area contributed by atoms with Crippen LogP contribution in [0.15, 0.2) is 41.7 Å². The van der Waals surface area contributed by atoms with Crippen LogP contribution in [0.5, 0.6) is 5.75 Å². The number of amides is 1. The van der Waals surface area contributed by atoms with Crippen LogP contribution in [0, 0.1) is 12.8 Å². The zero-order valence-electron chi connectivity index (χ0n) is 16.1. The van der Waals surface area contributed by atoms with Crippen LogP contribution in [0.2, 0.25) is 0 Å². The number of aliphatic carboxylic acids is 1. The maximum Gasteiger partial charge on any atom is 0.333 e. The average molecular weight is 383 g/mol. The molecule has 1 aliphatic carbocycles. The van der Waals surface area contributed by atoms with E-state index >= 15 is 0 Å². The van der Waals surface area contributed by atoms with Crippen molar-refractivity contribution in [2.75, 3.05) is 0 Å². The van der Waals surface area contributed by atoms with Gasteiger partial charge in [0.15, 0.2) is 0 Å². The Morgan fingerprint density at radius 3 is 2.57 bits per heavy atom. The minimum absolute atomic E-state index is 0.174. The molecule has 0 aliphatic heterocycles. The van der Waals surface area contributed by atoms with E-state index in [9.17, 15) is 19.8 Å². The fraction of sp³-hybridized carbons (Fsp3) is 0.381. The highest BCUT2D eigenvalue weighted by Gasteiger charge is 2.23. The number of benzene rings is 1. The number of phenols is 1. The van der Waals surface area contributed by atoms with Gasteiger partial charge in [0.1, 0.15) is 5.75 Å². The Morgan fingerprint density at radius 1 is 1.21 bits per heavy atom. The molecule has 0 radical (unpaired) electrons. The molecule has 28 heavy (non-hydrogen) atoms.